The highest BCUT2D eigenvalue weighted by Gasteiger charge is 2.11. The van der Waals surface area contributed by atoms with Gasteiger partial charge in [-0.1, -0.05) is 45.0 Å². The highest BCUT2D eigenvalue weighted by Crippen LogP contribution is 2.16. The summed E-state index contributed by atoms with van der Waals surface area (Å²) in [6.45, 7) is 9.82. The molecule has 0 aromatic heterocycles. The number of rotatable bonds is 9. The molecule has 2 nitrogen and oxygen atoms in total. The number of nitrogens with one attached hydrogen (secondary N) is 1. The van der Waals surface area contributed by atoms with Gasteiger partial charge >= 0.3 is 0 Å². The lowest BCUT2D eigenvalue weighted by molar-refractivity contribution is 0.106. The van der Waals surface area contributed by atoms with Crippen LogP contribution in [0.2, 0.25) is 0 Å². The van der Waals surface area contributed by atoms with Crippen LogP contribution in [0.1, 0.15) is 57.6 Å². The molecule has 1 N–H and O–H groups in total. The van der Waals surface area contributed by atoms with Crippen molar-refractivity contribution in [2.24, 2.45) is 0 Å². The Bertz CT molecular complexity index is 358. The van der Waals surface area contributed by atoms with Crippen molar-refractivity contribution in [1.29, 1.82) is 0 Å². The molecule has 0 bridgehead atoms. The van der Waals surface area contributed by atoms with Crippen LogP contribution in [-0.4, -0.2) is 25.8 Å². The van der Waals surface area contributed by atoms with Crippen LogP contribution >= 0.6 is 0 Å². The summed E-state index contributed by atoms with van der Waals surface area (Å²) >= 11 is 0. The third kappa shape index (κ3) is 6.06. The fraction of sp³-hybridized carbons (Fsp3) is 0.667. The van der Waals surface area contributed by atoms with E-state index < -0.39 is 0 Å². The van der Waals surface area contributed by atoms with Crippen molar-refractivity contribution in [3.8, 4) is 0 Å². The number of ether oxygens (including phenoxy) is 1. The number of hydrogen-bond donors (Lipinski definition) is 1. The molecule has 1 rings (SSSR count). The summed E-state index contributed by atoms with van der Waals surface area (Å²) in [5, 5.41) is 3.59. The van der Waals surface area contributed by atoms with Crippen LogP contribution in [0.15, 0.2) is 24.3 Å². The fourth-order valence-corrected chi connectivity index (χ4v) is 2.44. The largest absolute Gasteiger partial charge is 0.382 e. The third-order valence-corrected chi connectivity index (χ3v) is 3.95. The maximum atomic E-state index is 5.34. The summed E-state index contributed by atoms with van der Waals surface area (Å²) < 4.78 is 5.34. The molecule has 1 aromatic carbocycles. The summed E-state index contributed by atoms with van der Waals surface area (Å²) in [5.41, 5.74) is 2.84. The molecule has 2 atom stereocenters. The molecule has 114 valence electrons. The Hall–Kier alpha value is -0.860. The fourth-order valence-electron chi connectivity index (χ4n) is 2.44. The van der Waals surface area contributed by atoms with E-state index in [1.807, 2.05) is 0 Å². The Morgan fingerprint density at radius 1 is 1.05 bits per heavy atom. The molecule has 0 spiro atoms. The van der Waals surface area contributed by atoms with Gasteiger partial charge in [-0.05, 0) is 49.8 Å². The summed E-state index contributed by atoms with van der Waals surface area (Å²) in [7, 11) is 1.79. The van der Waals surface area contributed by atoms with Gasteiger partial charge in [0.1, 0.15) is 0 Å². The van der Waals surface area contributed by atoms with Gasteiger partial charge in [-0.15, -0.1) is 0 Å². The van der Waals surface area contributed by atoms with E-state index in [4.69, 9.17) is 4.74 Å². The van der Waals surface area contributed by atoms with E-state index in [0.29, 0.717) is 18.1 Å². The van der Waals surface area contributed by atoms with Gasteiger partial charge in [-0.3, -0.25) is 0 Å². The Morgan fingerprint density at radius 2 is 1.70 bits per heavy atom. The van der Waals surface area contributed by atoms with Crippen molar-refractivity contribution >= 4 is 0 Å². The summed E-state index contributed by atoms with van der Waals surface area (Å²) in [4.78, 5) is 0. The summed E-state index contributed by atoms with van der Waals surface area (Å²) in [6, 6.07) is 9.63. The van der Waals surface area contributed by atoms with Crippen LogP contribution in [0.3, 0.4) is 0 Å². The maximum Gasteiger partial charge on any atom is 0.0543 e. The van der Waals surface area contributed by atoms with E-state index in [1.54, 1.807) is 7.11 Å². The van der Waals surface area contributed by atoms with Gasteiger partial charge < -0.3 is 10.1 Å². The second kappa shape index (κ2) is 9.15. The van der Waals surface area contributed by atoms with Crippen LogP contribution in [0.4, 0.5) is 0 Å². The molecule has 2 heteroatoms. The molecule has 0 aliphatic rings. The number of hydrogen-bond acceptors (Lipinski definition) is 2. The van der Waals surface area contributed by atoms with E-state index in [9.17, 15) is 0 Å². The Kier molecular flexibility index (Phi) is 7.86. The molecular formula is C18H31NO. The van der Waals surface area contributed by atoms with Gasteiger partial charge in [0.2, 0.25) is 0 Å². The smallest absolute Gasteiger partial charge is 0.0543 e. The molecule has 0 fully saturated rings. The molecule has 20 heavy (non-hydrogen) atoms. The minimum atomic E-state index is 0.347. The van der Waals surface area contributed by atoms with Gasteiger partial charge in [0, 0.05) is 13.2 Å². The standard InChI is InChI=1S/C18H31NO/c1-6-19-18(12-7-15(4)20-5)13-16-8-10-17(11-9-16)14(2)3/h8-11,14-15,18-19H,6-7,12-13H2,1-5H3. The first-order valence-electron chi connectivity index (χ1n) is 7.91. The van der Waals surface area contributed by atoms with Crippen LogP contribution in [0, 0.1) is 0 Å². The van der Waals surface area contributed by atoms with Gasteiger partial charge in [0.25, 0.3) is 0 Å². The normalized spacial score (nSPS) is 14.5. The first-order chi connectivity index (χ1) is 9.56. The van der Waals surface area contributed by atoms with Crippen LogP contribution < -0.4 is 5.32 Å². The molecule has 0 amide bonds. The quantitative estimate of drug-likeness (QED) is 0.732. The third-order valence-electron chi connectivity index (χ3n) is 3.95. The second-order valence-corrected chi connectivity index (χ2v) is 5.98. The van der Waals surface area contributed by atoms with Crippen molar-refractivity contribution in [2.75, 3.05) is 13.7 Å². The topological polar surface area (TPSA) is 21.3 Å². The molecule has 0 heterocycles. The molecule has 1 aromatic rings. The molecule has 0 saturated heterocycles. The Morgan fingerprint density at radius 3 is 2.20 bits per heavy atom. The minimum absolute atomic E-state index is 0.347. The zero-order valence-corrected chi connectivity index (χ0v) is 13.8. The molecular weight excluding hydrogens is 246 g/mol. The van der Waals surface area contributed by atoms with Gasteiger partial charge in [-0.2, -0.15) is 0 Å². The molecule has 2 unspecified atom stereocenters. The van der Waals surface area contributed by atoms with Crippen molar-refractivity contribution in [2.45, 2.75) is 65.0 Å². The molecule has 0 aliphatic heterocycles. The monoisotopic (exact) mass is 277 g/mol. The van der Waals surface area contributed by atoms with E-state index in [1.165, 1.54) is 11.1 Å². The van der Waals surface area contributed by atoms with E-state index in [0.717, 1.165) is 25.8 Å². The highest BCUT2D eigenvalue weighted by atomic mass is 16.5. The minimum Gasteiger partial charge on any atom is -0.382 e. The average molecular weight is 277 g/mol. The lowest BCUT2D eigenvalue weighted by Gasteiger charge is -2.20. The second-order valence-electron chi connectivity index (χ2n) is 5.98. The zero-order chi connectivity index (χ0) is 15.0. The molecule has 0 radical (unpaired) electrons. The SMILES string of the molecule is CCNC(CCC(C)OC)Cc1ccc(C(C)C)cc1. The summed E-state index contributed by atoms with van der Waals surface area (Å²) in [5.74, 6) is 0.608. The molecule has 0 aliphatic carbocycles. The van der Waals surface area contributed by atoms with Crippen LogP contribution in [0.5, 0.6) is 0 Å². The molecule has 0 saturated carbocycles. The van der Waals surface area contributed by atoms with E-state index in [-0.39, 0.29) is 0 Å². The predicted octanol–water partition coefficient (Wildman–Crippen LogP) is 4.15. The van der Waals surface area contributed by atoms with Crippen molar-refractivity contribution in [1.82, 2.24) is 5.32 Å². The maximum absolute atomic E-state index is 5.34. The number of methoxy groups -OCH3 is 1. The number of likely N-dealkylation sites (N-methyl/N-ethyl adjacent to an activating group) is 1. The first-order valence-corrected chi connectivity index (χ1v) is 7.91. The van der Waals surface area contributed by atoms with E-state index in [2.05, 4.69) is 57.3 Å². The van der Waals surface area contributed by atoms with Crippen molar-refractivity contribution < 1.29 is 4.74 Å². The van der Waals surface area contributed by atoms with Gasteiger partial charge in [0.05, 0.1) is 6.10 Å². The van der Waals surface area contributed by atoms with Crippen molar-refractivity contribution in [3.63, 3.8) is 0 Å². The lowest BCUT2D eigenvalue weighted by atomic mass is 9.97. The Labute approximate surface area is 124 Å². The van der Waals surface area contributed by atoms with Crippen molar-refractivity contribution in [3.05, 3.63) is 35.4 Å². The highest BCUT2D eigenvalue weighted by molar-refractivity contribution is 5.25. The van der Waals surface area contributed by atoms with Crippen LogP contribution in [-0.2, 0) is 11.2 Å². The van der Waals surface area contributed by atoms with Gasteiger partial charge in [0.15, 0.2) is 0 Å². The van der Waals surface area contributed by atoms with Gasteiger partial charge in [-0.25, -0.2) is 0 Å². The number of benzene rings is 1. The summed E-state index contributed by atoms with van der Waals surface area (Å²) in [6.07, 6.45) is 3.72. The van der Waals surface area contributed by atoms with E-state index >= 15 is 0 Å². The van der Waals surface area contributed by atoms with Crippen LogP contribution in [0.25, 0.3) is 0 Å². The zero-order valence-electron chi connectivity index (χ0n) is 13.8. The predicted molar refractivity (Wildman–Crippen MR) is 87.4 cm³/mol. The lowest BCUT2D eigenvalue weighted by Crippen LogP contribution is -2.31. The first kappa shape index (κ1) is 17.2. The Balaban J connectivity index is 2.55. The average Bonchev–Trinajstić information content (AvgIpc) is 2.45.